The van der Waals surface area contributed by atoms with E-state index in [4.69, 9.17) is 0 Å². The van der Waals surface area contributed by atoms with E-state index in [-0.39, 0.29) is 59.1 Å². The summed E-state index contributed by atoms with van der Waals surface area (Å²) in [5, 5.41) is 23.5. The van der Waals surface area contributed by atoms with E-state index < -0.39 is 11.5 Å². The van der Waals surface area contributed by atoms with Crippen LogP contribution in [0.3, 0.4) is 0 Å². The Kier molecular flexibility index (Phi) is 6.14. The molecule has 60 valence electrons. The standard InChI is InChI=1S/C10H8O2.2Na/c11-9-6-5-7-3-1-2-4-8(7)10(9)12;;/h1-6,11-12H;;/q;2*+1/p-2. The van der Waals surface area contributed by atoms with Gasteiger partial charge in [0.2, 0.25) is 0 Å². The second-order valence-electron chi connectivity index (χ2n) is 2.61. The minimum atomic E-state index is -0.436. The largest absolute Gasteiger partial charge is 1.00 e. The zero-order valence-corrected chi connectivity index (χ0v) is 12.3. The smallest absolute Gasteiger partial charge is 0.873 e. The molecule has 2 aromatic carbocycles. The summed E-state index contributed by atoms with van der Waals surface area (Å²) in [5.74, 6) is -0.846. The van der Waals surface area contributed by atoms with Crippen molar-refractivity contribution in [3.05, 3.63) is 36.4 Å². The Morgan fingerprint density at radius 3 is 2.14 bits per heavy atom. The van der Waals surface area contributed by atoms with Crippen LogP contribution in [0.15, 0.2) is 36.4 Å². The molecule has 0 bridgehead atoms. The van der Waals surface area contributed by atoms with Gasteiger partial charge in [0.05, 0.1) is 0 Å². The van der Waals surface area contributed by atoms with E-state index in [1.807, 2.05) is 12.1 Å². The summed E-state index contributed by atoms with van der Waals surface area (Å²) in [6, 6.07) is 10.0. The van der Waals surface area contributed by atoms with Gasteiger partial charge in [-0.1, -0.05) is 36.4 Å². The fourth-order valence-corrected chi connectivity index (χ4v) is 1.22. The molecule has 0 saturated carbocycles. The van der Waals surface area contributed by atoms with E-state index >= 15 is 0 Å². The summed E-state index contributed by atoms with van der Waals surface area (Å²) in [7, 11) is 0. The van der Waals surface area contributed by atoms with Crippen molar-refractivity contribution in [1.82, 2.24) is 0 Å². The topological polar surface area (TPSA) is 46.1 Å². The average molecular weight is 204 g/mol. The van der Waals surface area contributed by atoms with E-state index in [1.54, 1.807) is 18.2 Å². The monoisotopic (exact) mass is 204 g/mol. The number of hydrogen-bond acceptors (Lipinski definition) is 2. The fraction of sp³-hybridized carbons (Fsp3) is 0. The molecule has 2 aromatic rings. The summed E-state index contributed by atoms with van der Waals surface area (Å²) in [6.07, 6.45) is 0. The predicted octanol–water partition coefficient (Wildman–Crippen LogP) is -5.00. The van der Waals surface area contributed by atoms with Crippen LogP contribution in [0.2, 0.25) is 0 Å². The number of rotatable bonds is 0. The van der Waals surface area contributed by atoms with Gasteiger partial charge in [-0.15, -0.1) is 11.5 Å². The van der Waals surface area contributed by atoms with Crippen molar-refractivity contribution in [2.45, 2.75) is 0 Å². The quantitative estimate of drug-likeness (QED) is 0.403. The van der Waals surface area contributed by atoms with Gasteiger partial charge >= 0.3 is 59.1 Å². The van der Waals surface area contributed by atoms with Crippen LogP contribution in [-0.2, 0) is 0 Å². The van der Waals surface area contributed by atoms with Crippen LogP contribution in [0, 0.1) is 0 Å². The molecule has 0 amide bonds. The molecule has 2 rings (SSSR count). The van der Waals surface area contributed by atoms with Crippen molar-refractivity contribution in [1.29, 1.82) is 0 Å². The maximum absolute atomic E-state index is 11.2. The van der Waals surface area contributed by atoms with Gasteiger partial charge in [-0.05, 0) is 10.8 Å². The molecule has 0 aliphatic heterocycles. The maximum Gasteiger partial charge on any atom is 1.00 e. The number of fused-ring (bicyclic) bond motifs is 1. The van der Waals surface area contributed by atoms with Gasteiger partial charge in [0.1, 0.15) is 0 Å². The second-order valence-corrected chi connectivity index (χ2v) is 2.61. The third-order valence-corrected chi connectivity index (χ3v) is 1.84. The molecule has 0 N–H and O–H groups in total. The fourth-order valence-electron chi connectivity index (χ4n) is 1.22. The molecule has 0 saturated heterocycles. The third-order valence-electron chi connectivity index (χ3n) is 1.84. The Labute approximate surface area is 127 Å². The summed E-state index contributed by atoms with van der Waals surface area (Å²) >= 11 is 0. The Morgan fingerprint density at radius 2 is 1.43 bits per heavy atom. The summed E-state index contributed by atoms with van der Waals surface area (Å²) < 4.78 is 0. The molecule has 0 heterocycles. The second kappa shape index (κ2) is 6.01. The Morgan fingerprint density at radius 1 is 0.786 bits per heavy atom. The van der Waals surface area contributed by atoms with Crippen LogP contribution in [0.25, 0.3) is 10.8 Å². The minimum Gasteiger partial charge on any atom is -0.873 e. The number of benzene rings is 2. The van der Waals surface area contributed by atoms with Crippen LogP contribution in [0.4, 0.5) is 0 Å². The van der Waals surface area contributed by atoms with Crippen molar-refractivity contribution in [2.24, 2.45) is 0 Å². The van der Waals surface area contributed by atoms with Crippen molar-refractivity contribution in [3.63, 3.8) is 0 Å². The normalized spacial score (nSPS) is 8.86. The predicted molar refractivity (Wildman–Crippen MR) is 42.8 cm³/mol. The van der Waals surface area contributed by atoms with Gasteiger partial charge in [-0.2, -0.15) is 0 Å². The van der Waals surface area contributed by atoms with Crippen LogP contribution < -0.4 is 69.3 Å². The van der Waals surface area contributed by atoms with Crippen molar-refractivity contribution >= 4 is 10.8 Å². The molecule has 0 fully saturated rings. The van der Waals surface area contributed by atoms with Crippen LogP contribution >= 0.6 is 0 Å². The van der Waals surface area contributed by atoms with Crippen molar-refractivity contribution in [3.8, 4) is 11.5 Å². The molecule has 14 heavy (non-hydrogen) atoms. The summed E-state index contributed by atoms with van der Waals surface area (Å²) in [6.45, 7) is 0. The van der Waals surface area contributed by atoms with Gasteiger partial charge in [-0.25, -0.2) is 0 Å². The average Bonchev–Trinajstić information content (AvgIpc) is 2.12. The van der Waals surface area contributed by atoms with E-state index in [2.05, 4.69) is 0 Å². The van der Waals surface area contributed by atoms with Gasteiger partial charge in [-0.3, -0.25) is 0 Å². The Hall–Kier alpha value is 0.300. The SMILES string of the molecule is [Na+].[Na+].[O-]c1ccc2ccccc2c1[O-]. The Balaban J connectivity index is 0.000000845. The first-order valence-corrected chi connectivity index (χ1v) is 3.65. The van der Waals surface area contributed by atoms with Crippen LogP contribution in [0.5, 0.6) is 11.5 Å². The summed E-state index contributed by atoms with van der Waals surface area (Å²) in [5.41, 5.74) is 0. The Bertz CT molecular complexity index is 429. The van der Waals surface area contributed by atoms with E-state index in [0.717, 1.165) is 5.39 Å². The van der Waals surface area contributed by atoms with Crippen LogP contribution in [0.1, 0.15) is 0 Å². The van der Waals surface area contributed by atoms with Gasteiger partial charge in [0.25, 0.3) is 0 Å². The molecule has 2 nitrogen and oxygen atoms in total. The van der Waals surface area contributed by atoms with E-state index in [9.17, 15) is 10.2 Å². The molecule has 0 atom stereocenters. The van der Waals surface area contributed by atoms with Gasteiger partial charge < -0.3 is 10.2 Å². The zero-order valence-electron chi connectivity index (χ0n) is 8.28. The van der Waals surface area contributed by atoms with E-state index in [0.29, 0.717) is 5.39 Å². The number of hydrogen-bond donors (Lipinski definition) is 0. The zero-order chi connectivity index (χ0) is 8.55. The first-order valence-electron chi connectivity index (χ1n) is 3.65. The molecular weight excluding hydrogens is 198 g/mol. The van der Waals surface area contributed by atoms with Crippen molar-refractivity contribution in [2.75, 3.05) is 0 Å². The molecule has 0 radical (unpaired) electrons. The maximum atomic E-state index is 11.2. The van der Waals surface area contributed by atoms with Crippen molar-refractivity contribution < 1.29 is 69.3 Å². The van der Waals surface area contributed by atoms with Gasteiger partial charge in [0, 0.05) is 0 Å². The molecule has 0 aromatic heterocycles. The first kappa shape index (κ1) is 14.3. The molecule has 0 spiro atoms. The summed E-state index contributed by atoms with van der Waals surface area (Å²) in [4.78, 5) is 0. The molecule has 0 aliphatic rings. The van der Waals surface area contributed by atoms with E-state index in [1.165, 1.54) is 6.07 Å². The van der Waals surface area contributed by atoms with Crippen LogP contribution in [-0.4, -0.2) is 0 Å². The first-order chi connectivity index (χ1) is 5.79. The minimum absolute atomic E-state index is 0. The molecule has 0 aliphatic carbocycles. The third kappa shape index (κ3) is 2.66. The van der Waals surface area contributed by atoms with Gasteiger partial charge in [0.15, 0.2) is 0 Å². The molecule has 4 heteroatoms. The molecule has 0 unspecified atom stereocenters. The molecular formula is C10H6Na2O2.